The van der Waals surface area contributed by atoms with Gasteiger partial charge in [0.1, 0.15) is 5.82 Å². The van der Waals surface area contributed by atoms with Gasteiger partial charge in [-0.25, -0.2) is 4.39 Å². The van der Waals surface area contributed by atoms with Crippen molar-refractivity contribution in [2.24, 2.45) is 5.92 Å². The molecule has 0 bridgehead atoms. The number of benzene rings is 2. The van der Waals surface area contributed by atoms with Crippen molar-refractivity contribution in [3.63, 3.8) is 0 Å². The standard InChI is InChI=1S/C19H20FNO2/c1-23-12-15-5-3-2-4-14(15)11-21-19(22)18-10-17(18)13-6-8-16(20)9-7-13/h2-9,17-18H,10-12H2,1H3,(H,21,22)/t17-,18+/m0/s1. The van der Waals surface area contributed by atoms with Crippen molar-refractivity contribution in [2.75, 3.05) is 7.11 Å². The van der Waals surface area contributed by atoms with E-state index in [2.05, 4.69) is 5.32 Å². The molecule has 23 heavy (non-hydrogen) atoms. The summed E-state index contributed by atoms with van der Waals surface area (Å²) in [5.41, 5.74) is 3.19. The molecule has 1 N–H and O–H groups in total. The van der Waals surface area contributed by atoms with Gasteiger partial charge in [0.2, 0.25) is 5.91 Å². The van der Waals surface area contributed by atoms with Crippen LogP contribution in [0.2, 0.25) is 0 Å². The Morgan fingerprint density at radius 1 is 1.17 bits per heavy atom. The third kappa shape index (κ3) is 3.77. The molecule has 0 aliphatic heterocycles. The van der Waals surface area contributed by atoms with Crippen molar-refractivity contribution in [3.05, 3.63) is 71.0 Å². The highest BCUT2D eigenvalue weighted by Gasteiger charge is 2.43. The number of carbonyl (C=O) groups is 1. The van der Waals surface area contributed by atoms with Gasteiger partial charge in [0, 0.05) is 19.6 Å². The van der Waals surface area contributed by atoms with Gasteiger partial charge in [-0.2, -0.15) is 0 Å². The minimum absolute atomic E-state index is 0.00458. The van der Waals surface area contributed by atoms with E-state index in [9.17, 15) is 9.18 Å². The Morgan fingerprint density at radius 2 is 1.87 bits per heavy atom. The van der Waals surface area contributed by atoms with E-state index in [0.717, 1.165) is 23.1 Å². The molecule has 1 amide bonds. The quantitative estimate of drug-likeness (QED) is 0.888. The van der Waals surface area contributed by atoms with Crippen molar-refractivity contribution in [1.29, 1.82) is 0 Å². The fourth-order valence-corrected chi connectivity index (χ4v) is 2.90. The summed E-state index contributed by atoms with van der Waals surface area (Å²) in [5, 5.41) is 3.00. The third-order valence-corrected chi connectivity index (χ3v) is 4.30. The maximum atomic E-state index is 12.9. The highest BCUT2D eigenvalue weighted by Crippen LogP contribution is 2.47. The lowest BCUT2D eigenvalue weighted by molar-refractivity contribution is -0.122. The molecule has 1 fully saturated rings. The van der Waals surface area contributed by atoms with Crippen molar-refractivity contribution in [3.8, 4) is 0 Å². The highest BCUT2D eigenvalue weighted by atomic mass is 19.1. The summed E-state index contributed by atoms with van der Waals surface area (Å²) in [6.07, 6.45) is 0.831. The van der Waals surface area contributed by atoms with E-state index in [1.165, 1.54) is 12.1 Å². The first-order valence-electron chi connectivity index (χ1n) is 7.78. The van der Waals surface area contributed by atoms with Crippen molar-refractivity contribution in [2.45, 2.75) is 25.5 Å². The molecular formula is C19H20FNO2. The van der Waals surface area contributed by atoms with Crippen LogP contribution in [0.3, 0.4) is 0 Å². The topological polar surface area (TPSA) is 38.3 Å². The number of halogens is 1. The fourth-order valence-electron chi connectivity index (χ4n) is 2.90. The minimum atomic E-state index is -0.245. The zero-order valence-corrected chi connectivity index (χ0v) is 13.1. The Hall–Kier alpha value is -2.20. The number of hydrogen-bond acceptors (Lipinski definition) is 2. The second-order valence-corrected chi connectivity index (χ2v) is 5.92. The lowest BCUT2D eigenvalue weighted by Gasteiger charge is -2.10. The van der Waals surface area contributed by atoms with Crippen LogP contribution in [0.15, 0.2) is 48.5 Å². The number of hydrogen-bond donors (Lipinski definition) is 1. The second kappa shape index (κ2) is 6.92. The Labute approximate surface area is 135 Å². The maximum Gasteiger partial charge on any atom is 0.224 e. The molecule has 0 aromatic heterocycles. The number of carbonyl (C=O) groups excluding carboxylic acids is 1. The van der Waals surface area contributed by atoms with Crippen LogP contribution >= 0.6 is 0 Å². The maximum absolute atomic E-state index is 12.9. The average molecular weight is 313 g/mol. The van der Waals surface area contributed by atoms with Gasteiger partial charge in [-0.05, 0) is 41.2 Å². The predicted octanol–water partition coefficient (Wildman–Crippen LogP) is 3.39. The molecule has 1 saturated carbocycles. The first kappa shape index (κ1) is 15.7. The summed E-state index contributed by atoms with van der Waals surface area (Å²) in [4.78, 5) is 12.3. The zero-order chi connectivity index (χ0) is 16.2. The first-order chi connectivity index (χ1) is 11.2. The molecule has 2 aromatic carbocycles. The SMILES string of the molecule is COCc1ccccc1CNC(=O)[C@@H]1C[C@H]1c1ccc(F)cc1. The summed E-state index contributed by atoms with van der Waals surface area (Å²) < 4.78 is 18.1. The predicted molar refractivity (Wildman–Crippen MR) is 86.2 cm³/mol. The summed E-state index contributed by atoms with van der Waals surface area (Å²) in [5.74, 6) is 0.0246. The Balaban J connectivity index is 1.56. The molecular weight excluding hydrogens is 293 g/mol. The zero-order valence-electron chi connectivity index (χ0n) is 13.1. The Morgan fingerprint density at radius 3 is 2.57 bits per heavy atom. The van der Waals surface area contributed by atoms with Gasteiger partial charge in [-0.1, -0.05) is 36.4 Å². The highest BCUT2D eigenvalue weighted by molar-refractivity contribution is 5.82. The van der Waals surface area contributed by atoms with Gasteiger partial charge in [0.05, 0.1) is 6.61 Å². The number of rotatable bonds is 6. The molecule has 3 nitrogen and oxygen atoms in total. The molecule has 120 valence electrons. The summed E-state index contributed by atoms with van der Waals surface area (Å²) in [7, 11) is 1.66. The van der Waals surface area contributed by atoms with Crippen molar-refractivity contribution >= 4 is 5.91 Å². The largest absolute Gasteiger partial charge is 0.380 e. The van der Waals surface area contributed by atoms with Crippen LogP contribution in [-0.2, 0) is 22.7 Å². The van der Waals surface area contributed by atoms with E-state index in [1.54, 1.807) is 19.2 Å². The van der Waals surface area contributed by atoms with Crippen LogP contribution in [0.4, 0.5) is 4.39 Å². The molecule has 0 unspecified atom stereocenters. The van der Waals surface area contributed by atoms with Gasteiger partial charge in [-0.15, -0.1) is 0 Å². The second-order valence-electron chi connectivity index (χ2n) is 5.92. The monoisotopic (exact) mass is 313 g/mol. The Kier molecular flexibility index (Phi) is 4.72. The van der Waals surface area contributed by atoms with Gasteiger partial charge in [0.25, 0.3) is 0 Å². The minimum Gasteiger partial charge on any atom is -0.380 e. The van der Waals surface area contributed by atoms with E-state index in [0.29, 0.717) is 13.2 Å². The molecule has 0 spiro atoms. The third-order valence-electron chi connectivity index (χ3n) is 4.30. The van der Waals surface area contributed by atoms with E-state index >= 15 is 0 Å². The van der Waals surface area contributed by atoms with Gasteiger partial charge in [-0.3, -0.25) is 4.79 Å². The van der Waals surface area contributed by atoms with Gasteiger partial charge >= 0.3 is 0 Å². The van der Waals surface area contributed by atoms with Crippen LogP contribution in [0.5, 0.6) is 0 Å². The number of nitrogens with one attached hydrogen (secondary N) is 1. The van der Waals surface area contributed by atoms with Crippen molar-refractivity contribution in [1.82, 2.24) is 5.32 Å². The van der Waals surface area contributed by atoms with E-state index in [-0.39, 0.29) is 23.6 Å². The lowest BCUT2D eigenvalue weighted by atomic mass is 10.1. The number of ether oxygens (including phenoxy) is 1. The van der Waals surface area contributed by atoms with E-state index in [4.69, 9.17) is 4.74 Å². The van der Waals surface area contributed by atoms with E-state index < -0.39 is 0 Å². The summed E-state index contributed by atoms with van der Waals surface area (Å²) in [6, 6.07) is 14.3. The Bertz CT molecular complexity index is 684. The van der Waals surface area contributed by atoms with Crippen LogP contribution in [0.25, 0.3) is 0 Å². The molecule has 2 aromatic rings. The molecule has 0 saturated heterocycles. The van der Waals surface area contributed by atoms with Crippen LogP contribution in [0.1, 0.15) is 29.0 Å². The fraction of sp³-hybridized carbons (Fsp3) is 0.316. The number of amides is 1. The normalized spacial score (nSPS) is 19.4. The first-order valence-corrected chi connectivity index (χ1v) is 7.78. The van der Waals surface area contributed by atoms with Crippen LogP contribution in [-0.4, -0.2) is 13.0 Å². The summed E-state index contributed by atoms with van der Waals surface area (Å²) >= 11 is 0. The van der Waals surface area contributed by atoms with Gasteiger partial charge in [0.15, 0.2) is 0 Å². The molecule has 0 radical (unpaired) electrons. The molecule has 4 heteroatoms. The average Bonchev–Trinajstić information content (AvgIpc) is 3.35. The lowest BCUT2D eigenvalue weighted by Crippen LogP contribution is -2.25. The molecule has 2 atom stereocenters. The van der Waals surface area contributed by atoms with E-state index in [1.807, 2.05) is 24.3 Å². The smallest absolute Gasteiger partial charge is 0.224 e. The molecule has 0 heterocycles. The summed E-state index contributed by atoms with van der Waals surface area (Å²) in [6.45, 7) is 1.04. The molecule has 1 aliphatic carbocycles. The molecule has 3 rings (SSSR count). The molecule has 1 aliphatic rings. The van der Waals surface area contributed by atoms with Crippen molar-refractivity contribution < 1.29 is 13.9 Å². The van der Waals surface area contributed by atoms with Gasteiger partial charge < -0.3 is 10.1 Å². The van der Waals surface area contributed by atoms with Crippen LogP contribution in [0, 0.1) is 11.7 Å². The number of methoxy groups -OCH3 is 1. The van der Waals surface area contributed by atoms with Crippen LogP contribution < -0.4 is 5.32 Å².